The van der Waals surface area contributed by atoms with Crippen LogP contribution in [-0.2, 0) is 9.84 Å². The summed E-state index contributed by atoms with van der Waals surface area (Å²) in [6, 6.07) is 1.77. The molecular formula is C5H7NO2S. The lowest BCUT2D eigenvalue weighted by Gasteiger charge is -1.93. The molecule has 0 bridgehead atoms. The number of nitriles is 1. The van der Waals surface area contributed by atoms with Crippen molar-refractivity contribution < 1.29 is 8.42 Å². The molecule has 1 rings (SSSR count). The van der Waals surface area contributed by atoms with Crippen LogP contribution < -0.4 is 0 Å². The van der Waals surface area contributed by atoms with Crippen molar-refractivity contribution in [1.29, 1.82) is 5.26 Å². The van der Waals surface area contributed by atoms with Gasteiger partial charge in [-0.1, -0.05) is 0 Å². The van der Waals surface area contributed by atoms with Crippen molar-refractivity contribution in [3.8, 4) is 6.07 Å². The third-order valence-electron chi connectivity index (χ3n) is 1.47. The maximum Gasteiger partial charge on any atom is 0.166 e. The molecule has 0 aliphatic carbocycles. The lowest BCUT2D eigenvalue weighted by atomic mass is 10.3. The standard InChI is InChI=1S/C5H7NO2S/c6-4-5-2-1-3-9(5,7)8/h5H,1-3H2. The van der Waals surface area contributed by atoms with Crippen LogP contribution in [0.25, 0.3) is 0 Å². The largest absolute Gasteiger partial charge is 0.227 e. The fraction of sp³-hybridized carbons (Fsp3) is 0.800. The molecule has 4 heteroatoms. The van der Waals surface area contributed by atoms with E-state index in [-0.39, 0.29) is 5.75 Å². The molecule has 1 saturated heterocycles. The predicted octanol–water partition coefficient (Wildman–Crippen LogP) is 0.0872. The van der Waals surface area contributed by atoms with Crippen molar-refractivity contribution in [2.45, 2.75) is 18.1 Å². The first kappa shape index (κ1) is 6.56. The van der Waals surface area contributed by atoms with Crippen molar-refractivity contribution in [1.82, 2.24) is 0 Å². The van der Waals surface area contributed by atoms with E-state index in [9.17, 15) is 8.42 Å². The fourth-order valence-corrected chi connectivity index (χ4v) is 2.48. The van der Waals surface area contributed by atoms with E-state index in [4.69, 9.17) is 5.26 Å². The number of sulfone groups is 1. The maximum absolute atomic E-state index is 10.8. The van der Waals surface area contributed by atoms with E-state index in [1.54, 1.807) is 6.07 Å². The van der Waals surface area contributed by atoms with Crippen molar-refractivity contribution in [3.05, 3.63) is 0 Å². The highest BCUT2D eigenvalue weighted by Gasteiger charge is 2.30. The van der Waals surface area contributed by atoms with Crippen molar-refractivity contribution >= 4 is 9.84 Å². The normalized spacial score (nSPS) is 31.7. The molecule has 1 heterocycles. The third-order valence-corrected chi connectivity index (χ3v) is 3.54. The SMILES string of the molecule is N#CC1CCCS1(=O)=O. The fourth-order valence-electron chi connectivity index (χ4n) is 0.937. The lowest BCUT2D eigenvalue weighted by Crippen LogP contribution is -2.12. The second-order valence-corrected chi connectivity index (χ2v) is 4.43. The molecule has 1 aliphatic heterocycles. The van der Waals surface area contributed by atoms with Gasteiger partial charge in [0.2, 0.25) is 0 Å². The van der Waals surface area contributed by atoms with Gasteiger partial charge < -0.3 is 0 Å². The Labute approximate surface area is 54.2 Å². The molecule has 50 valence electrons. The molecule has 0 aromatic carbocycles. The average Bonchev–Trinajstić information content (AvgIpc) is 2.08. The first-order valence-corrected chi connectivity index (χ1v) is 4.49. The molecule has 1 aliphatic rings. The van der Waals surface area contributed by atoms with Gasteiger partial charge in [-0.15, -0.1) is 0 Å². The first-order chi connectivity index (χ1) is 4.17. The van der Waals surface area contributed by atoms with Crippen molar-refractivity contribution in [3.63, 3.8) is 0 Å². The summed E-state index contributed by atoms with van der Waals surface area (Å²) in [4.78, 5) is 0. The smallest absolute Gasteiger partial charge is 0.166 e. The zero-order valence-electron chi connectivity index (χ0n) is 4.87. The summed E-state index contributed by atoms with van der Waals surface area (Å²) in [5, 5.41) is 7.56. The molecule has 0 N–H and O–H groups in total. The topological polar surface area (TPSA) is 57.9 Å². The molecule has 1 fully saturated rings. The quantitative estimate of drug-likeness (QED) is 0.485. The Kier molecular flexibility index (Phi) is 1.45. The van der Waals surface area contributed by atoms with Crippen LogP contribution in [0.5, 0.6) is 0 Å². The van der Waals surface area contributed by atoms with Gasteiger partial charge in [-0.2, -0.15) is 5.26 Å². The summed E-state index contributed by atoms with van der Waals surface area (Å²) in [5.41, 5.74) is 0. The van der Waals surface area contributed by atoms with Crippen LogP contribution in [0, 0.1) is 11.3 Å². The van der Waals surface area contributed by atoms with Crippen molar-refractivity contribution in [2.75, 3.05) is 5.75 Å². The van der Waals surface area contributed by atoms with Gasteiger partial charge in [0.05, 0.1) is 11.8 Å². The van der Waals surface area contributed by atoms with Gasteiger partial charge in [-0.3, -0.25) is 0 Å². The minimum absolute atomic E-state index is 0.200. The van der Waals surface area contributed by atoms with Crippen molar-refractivity contribution in [2.24, 2.45) is 0 Å². The summed E-state index contributed by atoms with van der Waals surface area (Å²) in [6.45, 7) is 0. The summed E-state index contributed by atoms with van der Waals surface area (Å²) in [5.74, 6) is 0.200. The minimum Gasteiger partial charge on any atom is -0.227 e. The number of hydrogen-bond acceptors (Lipinski definition) is 3. The molecule has 3 nitrogen and oxygen atoms in total. The van der Waals surface area contributed by atoms with Gasteiger partial charge >= 0.3 is 0 Å². The lowest BCUT2D eigenvalue weighted by molar-refractivity contribution is 0.597. The van der Waals surface area contributed by atoms with Crippen LogP contribution in [0.15, 0.2) is 0 Å². The Morgan fingerprint density at radius 1 is 1.56 bits per heavy atom. The van der Waals surface area contributed by atoms with E-state index in [2.05, 4.69) is 0 Å². The summed E-state index contributed by atoms with van der Waals surface area (Å²) >= 11 is 0. The van der Waals surface area contributed by atoms with E-state index in [0.29, 0.717) is 12.8 Å². The van der Waals surface area contributed by atoms with E-state index >= 15 is 0 Å². The molecule has 9 heavy (non-hydrogen) atoms. The molecule has 0 spiro atoms. The van der Waals surface area contributed by atoms with E-state index in [1.807, 2.05) is 0 Å². The third kappa shape index (κ3) is 1.06. The Hall–Kier alpha value is -0.560. The Morgan fingerprint density at radius 3 is 2.44 bits per heavy atom. The molecule has 0 aromatic rings. The zero-order valence-corrected chi connectivity index (χ0v) is 5.69. The molecule has 0 radical (unpaired) electrons. The number of nitrogens with zero attached hydrogens (tertiary/aromatic N) is 1. The second-order valence-electron chi connectivity index (χ2n) is 2.13. The Morgan fingerprint density at radius 2 is 2.22 bits per heavy atom. The van der Waals surface area contributed by atoms with Crippen LogP contribution >= 0.6 is 0 Å². The Balaban J connectivity index is 2.91. The van der Waals surface area contributed by atoms with Gasteiger partial charge in [-0.25, -0.2) is 8.42 Å². The first-order valence-electron chi connectivity index (χ1n) is 2.78. The zero-order chi connectivity index (χ0) is 6.91. The molecule has 0 saturated carbocycles. The monoisotopic (exact) mass is 145 g/mol. The van der Waals surface area contributed by atoms with Gasteiger partial charge in [0.1, 0.15) is 5.25 Å². The second kappa shape index (κ2) is 1.99. The predicted molar refractivity (Wildman–Crippen MR) is 32.4 cm³/mol. The average molecular weight is 145 g/mol. The summed E-state index contributed by atoms with van der Waals surface area (Å²) in [7, 11) is -3.00. The van der Waals surface area contributed by atoms with Crippen LogP contribution in [0.3, 0.4) is 0 Å². The number of hydrogen-bond donors (Lipinski definition) is 0. The van der Waals surface area contributed by atoms with E-state index in [1.165, 1.54) is 0 Å². The van der Waals surface area contributed by atoms with Gasteiger partial charge in [-0.05, 0) is 12.8 Å². The highest BCUT2D eigenvalue weighted by Crippen LogP contribution is 2.18. The van der Waals surface area contributed by atoms with Crippen LogP contribution in [0.4, 0.5) is 0 Å². The molecule has 1 atom stereocenters. The highest BCUT2D eigenvalue weighted by molar-refractivity contribution is 7.92. The van der Waals surface area contributed by atoms with E-state index in [0.717, 1.165) is 0 Å². The molecule has 0 amide bonds. The molecular weight excluding hydrogens is 138 g/mol. The van der Waals surface area contributed by atoms with Gasteiger partial charge in [0, 0.05) is 0 Å². The van der Waals surface area contributed by atoms with Gasteiger partial charge in [0.15, 0.2) is 9.84 Å². The molecule has 1 unspecified atom stereocenters. The number of rotatable bonds is 0. The highest BCUT2D eigenvalue weighted by atomic mass is 32.2. The minimum atomic E-state index is -3.00. The maximum atomic E-state index is 10.8. The van der Waals surface area contributed by atoms with Gasteiger partial charge in [0.25, 0.3) is 0 Å². The Bertz CT molecular complexity index is 236. The van der Waals surface area contributed by atoms with E-state index < -0.39 is 15.1 Å². The summed E-state index contributed by atoms with van der Waals surface area (Å²) in [6.07, 6.45) is 1.18. The van der Waals surface area contributed by atoms with Crippen LogP contribution in [0.1, 0.15) is 12.8 Å². The summed E-state index contributed by atoms with van der Waals surface area (Å²) < 4.78 is 21.5. The van der Waals surface area contributed by atoms with Crippen LogP contribution in [-0.4, -0.2) is 19.4 Å². The van der Waals surface area contributed by atoms with Crippen LogP contribution in [0.2, 0.25) is 0 Å². The molecule has 0 aromatic heterocycles.